The van der Waals surface area contributed by atoms with Crippen molar-refractivity contribution in [3.8, 4) is 0 Å². The van der Waals surface area contributed by atoms with Gasteiger partial charge in [0.2, 0.25) is 0 Å². The second-order valence-corrected chi connectivity index (χ2v) is 8.81. The molecule has 0 amide bonds. The van der Waals surface area contributed by atoms with Crippen molar-refractivity contribution in [2.24, 2.45) is 0 Å². The smallest absolute Gasteiger partial charge is 0.341 e. The number of hydrogen-bond acceptors (Lipinski definition) is 7. The minimum Gasteiger partial charge on any atom is -0.480 e. The number of rotatable bonds is 6. The number of aliphatic carboxylic acids is 2. The molecule has 0 radical (unpaired) electrons. The zero-order valence-corrected chi connectivity index (χ0v) is 16.4. The molecule has 2 heterocycles. The third kappa shape index (κ3) is 3.79. The van der Waals surface area contributed by atoms with Gasteiger partial charge in [0, 0.05) is 30.2 Å². The molecular formula is C18H19NO6S2. The Balaban J connectivity index is 1.98. The molecule has 1 fully saturated rings. The van der Waals surface area contributed by atoms with Crippen LogP contribution in [-0.2, 0) is 9.59 Å². The van der Waals surface area contributed by atoms with Gasteiger partial charge in [0.1, 0.15) is 16.1 Å². The van der Waals surface area contributed by atoms with Crippen molar-refractivity contribution in [2.45, 2.75) is 28.9 Å². The molecule has 2 aromatic rings. The molecular weight excluding hydrogens is 390 g/mol. The zero-order valence-electron chi connectivity index (χ0n) is 14.7. The second-order valence-electron chi connectivity index (χ2n) is 6.01. The van der Waals surface area contributed by atoms with E-state index in [0.717, 1.165) is 42.3 Å². The first-order valence-corrected chi connectivity index (χ1v) is 10.3. The van der Waals surface area contributed by atoms with E-state index >= 15 is 0 Å². The van der Waals surface area contributed by atoms with Gasteiger partial charge in [-0.1, -0.05) is 0 Å². The van der Waals surface area contributed by atoms with Crippen molar-refractivity contribution in [1.82, 2.24) is 0 Å². The van der Waals surface area contributed by atoms with Gasteiger partial charge < -0.3 is 19.5 Å². The highest BCUT2D eigenvalue weighted by atomic mass is 32.2. The van der Waals surface area contributed by atoms with E-state index in [9.17, 15) is 24.6 Å². The molecule has 1 aromatic carbocycles. The van der Waals surface area contributed by atoms with E-state index in [4.69, 9.17) is 4.42 Å². The fourth-order valence-corrected chi connectivity index (χ4v) is 6.29. The standard InChI is InChI=1S/C18H19NO6S2/c1-3-19(4-2)10-6-5-9-7-11(17(24)25-12(9)8-10)18-26-13(15(20)21)14(27-18)16(22)23/h5-8,13-14,18H,3-4H2,1-2H3,(H,20,21)(H,22,23)/t13-,14+,18?. The number of fused-ring (bicyclic) bond motifs is 1. The largest absolute Gasteiger partial charge is 0.480 e. The van der Waals surface area contributed by atoms with Gasteiger partial charge in [0.25, 0.3) is 0 Å². The van der Waals surface area contributed by atoms with Gasteiger partial charge in [-0.15, -0.1) is 23.5 Å². The Morgan fingerprint density at radius 2 is 1.67 bits per heavy atom. The molecule has 0 spiro atoms. The number of carboxylic acid groups (broad SMARTS) is 2. The van der Waals surface area contributed by atoms with Crippen molar-refractivity contribution in [3.05, 3.63) is 40.2 Å². The van der Waals surface area contributed by atoms with Crippen LogP contribution in [0, 0.1) is 0 Å². The Labute approximate surface area is 163 Å². The van der Waals surface area contributed by atoms with Crippen LogP contribution >= 0.6 is 23.5 Å². The number of hydrogen-bond donors (Lipinski definition) is 2. The SMILES string of the molecule is CCN(CC)c1ccc2cc(C3S[C@H](C(=O)O)[C@H](C(=O)O)S3)c(=O)oc2c1. The highest BCUT2D eigenvalue weighted by Gasteiger charge is 2.46. The summed E-state index contributed by atoms with van der Waals surface area (Å²) >= 11 is 1.92. The van der Waals surface area contributed by atoms with Gasteiger partial charge in [-0.25, -0.2) is 4.79 Å². The van der Waals surface area contributed by atoms with Crippen LogP contribution in [0.2, 0.25) is 0 Å². The first-order chi connectivity index (χ1) is 12.8. The van der Waals surface area contributed by atoms with Gasteiger partial charge in [-0.3, -0.25) is 9.59 Å². The van der Waals surface area contributed by atoms with Crippen molar-refractivity contribution in [3.63, 3.8) is 0 Å². The summed E-state index contributed by atoms with van der Waals surface area (Å²) < 4.78 is 4.87. The molecule has 9 heteroatoms. The fourth-order valence-electron chi connectivity index (χ4n) is 3.03. The molecule has 3 atom stereocenters. The topological polar surface area (TPSA) is 108 Å². The molecule has 0 aliphatic carbocycles. The molecule has 1 unspecified atom stereocenters. The van der Waals surface area contributed by atoms with Crippen LogP contribution in [-0.4, -0.2) is 45.7 Å². The van der Waals surface area contributed by atoms with Crippen molar-refractivity contribution in [2.75, 3.05) is 18.0 Å². The summed E-state index contributed by atoms with van der Waals surface area (Å²) in [6.45, 7) is 5.73. The lowest BCUT2D eigenvalue weighted by atomic mass is 10.1. The van der Waals surface area contributed by atoms with Crippen LogP contribution in [0.5, 0.6) is 0 Å². The Morgan fingerprint density at radius 1 is 1.07 bits per heavy atom. The molecule has 2 N–H and O–H groups in total. The molecule has 27 heavy (non-hydrogen) atoms. The molecule has 1 aliphatic rings. The van der Waals surface area contributed by atoms with Crippen molar-refractivity contribution in [1.29, 1.82) is 0 Å². The lowest BCUT2D eigenvalue weighted by Crippen LogP contribution is -2.31. The van der Waals surface area contributed by atoms with Gasteiger partial charge in [-0.2, -0.15) is 0 Å². The highest BCUT2D eigenvalue weighted by Crippen LogP contribution is 2.53. The number of carboxylic acids is 2. The Hall–Kier alpha value is -2.13. The summed E-state index contributed by atoms with van der Waals surface area (Å²) in [6.07, 6.45) is 0. The third-order valence-electron chi connectivity index (χ3n) is 4.43. The molecule has 1 aliphatic heterocycles. The summed E-state index contributed by atoms with van der Waals surface area (Å²) in [5.74, 6) is -2.40. The molecule has 144 valence electrons. The Kier molecular flexibility index (Phi) is 5.71. The van der Waals surface area contributed by atoms with Gasteiger partial charge >= 0.3 is 17.6 Å². The maximum absolute atomic E-state index is 12.5. The molecule has 1 aromatic heterocycles. The highest BCUT2D eigenvalue weighted by molar-refractivity contribution is 8.21. The summed E-state index contributed by atoms with van der Waals surface area (Å²) in [5, 5.41) is 17.0. The third-order valence-corrected chi connectivity index (χ3v) is 7.81. The van der Waals surface area contributed by atoms with Gasteiger partial charge in [0.15, 0.2) is 0 Å². The minimum absolute atomic E-state index is 0.281. The van der Waals surface area contributed by atoms with Crippen molar-refractivity contribution >= 4 is 52.1 Å². The zero-order chi connectivity index (χ0) is 19.7. The fraction of sp³-hybridized carbons (Fsp3) is 0.389. The first-order valence-electron chi connectivity index (χ1n) is 8.45. The van der Waals surface area contributed by atoms with E-state index in [0.29, 0.717) is 11.0 Å². The minimum atomic E-state index is -1.20. The molecule has 1 saturated heterocycles. The normalized spacial score (nSPS) is 22.1. The monoisotopic (exact) mass is 409 g/mol. The van der Waals surface area contributed by atoms with Crippen LogP contribution in [0.25, 0.3) is 11.0 Å². The number of benzene rings is 1. The van der Waals surface area contributed by atoms with E-state index in [1.54, 1.807) is 6.07 Å². The predicted octanol–water partition coefficient (Wildman–Crippen LogP) is 3.02. The second kappa shape index (κ2) is 7.85. The summed E-state index contributed by atoms with van der Waals surface area (Å²) in [4.78, 5) is 37.3. The van der Waals surface area contributed by atoms with E-state index in [1.165, 1.54) is 0 Å². The van der Waals surface area contributed by atoms with Crippen molar-refractivity contribution < 1.29 is 24.2 Å². The lowest BCUT2D eigenvalue weighted by molar-refractivity contribution is -0.142. The summed E-state index contributed by atoms with van der Waals surface area (Å²) in [7, 11) is 0. The van der Waals surface area contributed by atoms with E-state index in [1.807, 2.05) is 32.0 Å². The quantitative estimate of drug-likeness (QED) is 0.696. The molecule has 3 rings (SSSR count). The maximum Gasteiger partial charge on any atom is 0.341 e. The lowest BCUT2D eigenvalue weighted by Gasteiger charge is -2.21. The van der Waals surface area contributed by atoms with E-state index in [-0.39, 0.29) is 5.56 Å². The molecule has 0 bridgehead atoms. The molecule has 7 nitrogen and oxygen atoms in total. The summed E-state index contributed by atoms with van der Waals surface area (Å²) in [6, 6.07) is 7.26. The maximum atomic E-state index is 12.5. The van der Waals surface area contributed by atoms with Crippen LogP contribution < -0.4 is 10.5 Å². The van der Waals surface area contributed by atoms with E-state index < -0.39 is 32.6 Å². The van der Waals surface area contributed by atoms with E-state index in [2.05, 4.69) is 4.90 Å². The molecule has 0 saturated carbocycles. The number of carbonyl (C=O) groups is 2. The predicted molar refractivity (Wildman–Crippen MR) is 107 cm³/mol. The average Bonchev–Trinajstić information content (AvgIpc) is 3.08. The van der Waals surface area contributed by atoms with Crippen LogP contribution in [0.4, 0.5) is 5.69 Å². The van der Waals surface area contributed by atoms with Crippen LogP contribution in [0.3, 0.4) is 0 Å². The number of anilines is 1. The summed E-state index contributed by atoms with van der Waals surface area (Å²) in [5.41, 5.74) is 1.11. The van der Waals surface area contributed by atoms with Crippen LogP contribution in [0.15, 0.2) is 33.5 Å². The number of nitrogens with zero attached hydrogens (tertiary/aromatic N) is 1. The van der Waals surface area contributed by atoms with Gasteiger partial charge in [0.05, 0.1) is 10.1 Å². The first kappa shape index (κ1) is 19.6. The van der Waals surface area contributed by atoms with Crippen LogP contribution in [0.1, 0.15) is 24.0 Å². The Morgan fingerprint density at radius 3 is 2.19 bits per heavy atom. The average molecular weight is 409 g/mol. The Bertz CT molecular complexity index is 917. The van der Waals surface area contributed by atoms with Gasteiger partial charge in [-0.05, 0) is 32.0 Å². The number of thioether (sulfide) groups is 2.